The first-order valence-electron chi connectivity index (χ1n) is 6.10. The van der Waals surface area contributed by atoms with Gasteiger partial charge in [0.1, 0.15) is 0 Å². The maximum absolute atomic E-state index is 13.0. The number of alkyl halides is 3. The van der Waals surface area contributed by atoms with Crippen molar-refractivity contribution in [2.75, 3.05) is 5.33 Å². The topological polar surface area (TPSA) is 29.1 Å². The van der Waals surface area contributed by atoms with Crippen LogP contribution in [0.2, 0.25) is 0 Å². The maximum atomic E-state index is 13.0. The monoisotopic (exact) mass is 311 g/mol. The van der Waals surface area contributed by atoms with Gasteiger partial charge in [-0.25, -0.2) is 8.78 Å². The van der Waals surface area contributed by atoms with Crippen molar-refractivity contribution >= 4 is 21.8 Å². The molecule has 5 heteroatoms. The largest absolute Gasteiger partial charge is 0.352 e. The third-order valence-electron chi connectivity index (χ3n) is 3.39. The summed E-state index contributed by atoms with van der Waals surface area (Å²) < 4.78 is 25.9. The number of rotatable bonds is 4. The zero-order valence-corrected chi connectivity index (χ0v) is 11.9. The van der Waals surface area contributed by atoms with E-state index in [4.69, 9.17) is 0 Å². The Bertz CT molecular complexity index is 261. The number of nitrogens with one attached hydrogen (secondary N) is 1. The fourth-order valence-corrected chi connectivity index (χ4v) is 2.90. The van der Waals surface area contributed by atoms with Gasteiger partial charge in [0.2, 0.25) is 11.8 Å². The Morgan fingerprint density at radius 2 is 1.94 bits per heavy atom. The minimum atomic E-state index is -2.57. The fourth-order valence-electron chi connectivity index (χ4n) is 1.99. The molecular formula is C12H20BrF2NO. The maximum Gasteiger partial charge on any atom is 0.248 e. The lowest BCUT2D eigenvalue weighted by atomic mass is 9.86. The highest BCUT2D eigenvalue weighted by Crippen LogP contribution is 2.36. The molecule has 0 bridgehead atoms. The third kappa shape index (κ3) is 4.53. The van der Waals surface area contributed by atoms with E-state index in [1.807, 2.05) is 13.8 Å². The fraction of sp³-hybridized carbons (Fsp3) is 0.917. The highest BCUT2D eigenvalue weighted by atomic mass is 79.9. The predicted molar refractivity (Wildman–Crippen MR) is 67.5 cm³/mol. The number of hydrogen-bond acceptors (Lipinski definition) is 1. The Kier molecular flexibility index (Phi) is 5.35. The smallest absolute Gasteiger partial charge is 0.248 e. The van der Waals surface area contributed by atoms with Gasteiger partial charge in [0.05, 0.1) is 0 Å². The van der Waals surface area contributed by atoms with Gasteiger partial charge < -0.3 is 5.32 Å². The summed E-state index contributed by atoms with van der Waals surface area (Å²) in [6.07, 6.45) is 0.273. The summed E-state index contributed by atoms with van der Waals surface area (Å²) in [6, 6.07) is 0.0740. The normalized spacial score (nSPS) is 22.5. The van der Waals surface area contributed by atoms with Gasteiger partial charge in [-0.05, 0) is 18.8 Å². The highest BCUT2D eigenvalue weighted by molar-refractivity contribution is 9.09. The first-order valence-corrected chi connectivity index (χ1v) is 7.22. The SMILES string of the molecule is CC(C)C(CBr)NC(=O)C1CCC(F)(F)CC1. The number of amides is 1. The molecule has 1 aliphatic carbocycles. The van der Waals surface area contributed by atoms with Crippen LogP contribution < -0.4 is 5.32 Å². The first kappa shape index (κ1) is 14.9. The second-order valence-electron chi connectivity index (χ2n) is 5.14. The summed E-state index contributed by atoms with van der Waals surface area (Å²) in [5.74, 6) is -2.54. The molecular weight excluding hydrogens is 292 g/mol. The van der Waals surface area contributed by atoms with Gasteiger partial charge in [-0.3, -0.25) is 4.79 Å². The van der Waals surface area contributed by atoms with Crippen molar-refractivity contribution in [3.63, 3.8) is 0 Å². The molecule has 0 heterocycles. The lowest BCUT2D eigenvalue weighted by molar-refractivity contribution is -0.130. The van der Waals surface area contributed by atoms with E-state index in [2.05, 4.69) is 21.2 Å². The highest BCUT2D eigenvalue weighted by Gasteiger charge is 2.37. The van der Waals surface area contributed by atoms with E-state index in [0.29, 0.717) is 24.1 Å². The van der Waals surface area contributed by atoms with Crippen LogP contribution in [0.3, 0.4) is 0 Å². The summed E-state index contributed by atoms with van der Waals surface area (Å²) in [7, 11) is 0. The van der Waals surface area contributed by atoms with E-state index in [-0.39, 0.29) is 30.7 Å². The van der Waals surface area contributed by atoms with Crippen LogP contribution >= 0.6 is 15.9 Å². The zero-order chi connectivity index (χ0) is 13.1. The first-order chi connectivity index (χ1) is 7.85. The van der Waals surface area contributed by atoms with Crippen molar-refractivity contribution in [3.8, 4) is 0 Å². The lowest BCUT2D eigenvalue weighted by Crippen LogP contribution is -2.44. The second kappa shape index (κ2) is 6.12. The van der Waals surface area contributed by atoms with Gasteiger partial charge in [0.25, 0.3) is 0 Å². The van der Waals surface area contributed by atoms with E-state index in [1.54, 1.807) is 0 Å². The molecule has 0 aliphatic heterocycles. The second-order valence-corrected chi connectivity index (χ2v) is 5.79. The number of hydrogen-bond donors (Lipinski definition) is 1. The van der Waals surface area contributed by atoms with Gasteiger partial charge in [-0.15, -0.1) is 0 Å². The van der Waals surface area contributed by atoms with Gasteiger partial charge in [0.15, 0.2) is 0 Å². The Labute approximate surface area is 110 Å². The summed E-state index contributed by atoms with van der Waals surface area (Å²) in [6.45, 7) is 4.06. The molecule has 1 aliphatic rings. The van der Waals surface area contributed by atoms with E-state index in [9.17, 15) is 13.6 Å². The Morgan fingerprint density at radius 3 is 2.35 bits per heavy atom. The van der Waals surface area contributed by atoms with Crippen LogP contribution in [-0.4, -0.2) is 23.2 Å². The standard InChI is InChI=1S/C12H20BrF2NO/c1-8(2)10(7-13)16-11(17)9-3-5-12(14,15)6-4-9/h8-10H,3-7H2,1-2H3,(H,16,17). The molecule has 0 aromatic carbocycles. The number of carbonyl (C=O) groups excluding carboxylic acids is 1. The summed E-state index contributed by atoms with van der Waals surface area (Å²) in [5, 5.41) is 3.63. The molecule has 1 N–H and O–H groups in total. The Morgan fingerprint density at radius 1 is 1.41 bits per heavy atom. The van der Waals surface area contributed by atoms with Gasteiger partial charge in [-0.1, -0.05) is 29.8 Å². The molecule has 0 aromatic heterocycles. The van der Waals surface area contributed by atoms with Crippen molar-refractivity contribution in [1.29, 1.82) is 0 Å². The molecule has 0 radical (unpaired) electrons. The third-order valence-corrected chi connectivity index (χ3v) is 4.08. The average Bonchev–Trinajstić information content (AvgIpc) is 2.25. The summed E-state index contributed by atoms with van der Waals surface area (Å²) >= 11 is 3.35. The van der Waals surface area contributed by atoms with Crippen LogP contribution in [0.1, 0.15) is 39.5 Å². The van der Waals surface area contributed by atoms with Crippen LogP contribution in [0.15, 0.2) is 0 Å². The Balaban J connectivity index is 2.44. The zero-order valence-electron chi connectivity index (χ0n) is 10.3. The van der Waals surface area contributed by atoms with Crippen LogP contribution in [0.4, 0.5) is 8.78 Å². The molecule has 1 fully saturated rings. The minimum absolute atomic E-state index is 0.0707. The van der Waals surface area contributed by atoms with Crippen molar-refractivity contribution in [2.45, 2.75) is 51.5 Å². The minimum Gasteiger partial charge on any atom is -0.352 e. The molecule has 17 heavy (non-hydrogen) atoms. The van der Waals surface area contributed by atoms with Crippen molar-refractivity contribution < 1.29 is 13.6 Å². The Hall–Kier alpha value is -0.190. The number of carbonyl (C=O) groups is 1. The molecule has 1 rings (SSSR count). The molecule has 1 amide bonds. The van der Waals surface area contributed by atoms with E-state index in [1.165, 1.54) is 0 Å². The van der Waals surface area contributed by atoms with Crippen molar-refractivity contribution in [1.82, 2.24) is 5.32 Å². The molecule has 100 valence electrons. The van der Waals surface area contributed by atoms with Crippen LogP contribution in [0, 0.1) is 11.8 Å². The molecule has 0 spiro atoms. The van der Waals surface area contributed by atoms with Gasteiger partial charge >= 0.3 is 0 Å². The molecule has 1 saturated carbocycles. The molecule has 1 atom stereocenters. The predicted octanol–water partition coefficient (Wildman–Crippen LogP) is 3.35. The van der Waals surface area contributed by atoms with E-state index >= 15 is 0 Å². The van der Waals surface area contributed by atoms with Crippen LogP contribution in [0.25, 0.3) is 0 Å². The van der Waals surface area contributed by atoms with Crippen LogP contribution in [-0.2, 0) is 4.79 Å². The number of halogens is 3. The van der Waals surface area contributed by atoms with E-state index < -0.39 is 5.92 Å². The summed E-state index contributed by atoms with van der Waals surface area (Å²) in [5.41, 5.74) is 0. The molecule has 0 aromatic rings. The van der Waals surface area contributed by atoms with E-state index in [0.717, 1.165) is 0 Å². The molecule has 2 nitrogen and oxygen atoms in total. The van der Waals surface area contributed by atoms with Crippen molar-refractivity contribution in [2.24, 2.45) is 11.8 Å². The van der Waals surface area contributed by atoms with Crippen LogP contribution in [0.5, 0.6) is 0 Å². The lowest BCUT2D eigenvalue weighted by Gasteiger charge is -2.29. The average molecular weight is 312 g/mol. The summed E-state index contributed by atoms with van der Waals surface area (Å²) in [4.78, 5) is 11.9. The quantitative estimate of drug-likeness (QED) is 0.793. The molecule has 0 saturated heterocycles. The van der Waals surface area contributed by atoms with Crippen molar-refractivity contribution in [3.05, 3.63) is 0 Å². The van der Waals surface area contributed by atoms with Gasteiger partial charge in [0, 0.05) is 30.1 Å². The van der Waals surface area contributed by atoms with Gasteiger partial charge in [-0.2, -0.15) is 0 Å². The molecule has 1 unspecified atom stereocenters.